The summed E-state index contributed by atoms with van der Waals surface area (Å²) in [5, 5.41) is 0. The number of hydrogen-bond acceptors (Lipinski definition) is 2. The molecule has 14 heavy (non-hydrogen) atoms. The van der Waals surface area contributed by atoms with Crippen LogP contribution in [0.15, 0.2) is 12.0 Å². The molecule has 0 atom stereocenters. The second-order valence-corrected chi connectivity index (χ2v) is 9.54. The van der Waals surface area contributed by atoms with Gasteiger partial charge in [-0.3, -0.25) is 0 Å². The molecule has 3 heteroatoms. The van der Waals surface area contributed by atoms with Crippen LogP contribution in [-0.2, 0) is 9.16 Å². The fourth-order valence-corrected chi connectivity index (χ4v) is 1.62. The van der Waals surface area contributed by atoms with Crippen molar-refractivity contribution in [2.45, 2.75) is 53.4 Å². The minimum atomic E-state index is -1.55. The standard InChI is InChI=1S/C11H24O2Si/c1-9(2)8-11(12-10(3)4)13-14(5,6)7/h8-10H,1-7H3/b11-8+. The number of allylic oxidation sites excluding steroid dienone is 1. The molecule has 0 bridgehead atoms. The van der Waals surface area contributed by atoms with Gasteiger partial charge >= 0.3 is 0 Å². The summed E-state index contributed by atoms with van der Waals surface area (Å²) in [6.45, 7) is 14.7. The molecule has 0 aliphatic carbocycles. The Kier molecular flexibility index (Phi) is 5.27. The molecule has 0 N–H and O–H groups in total. The Morgan fingerprint density at radius 2 is 1.57 bits per heavy atom. The van der Waals surface area contributed by atoms with Crippen LogP contribution in [-0.4, -0.2) is 14.4 Å². The molecule has 0 aromatic rings. The summed E-state index contributed by atoms with van der Waals surface area (Å²) in [4.78, 5) is 0. The summed E-state index contributed by atoms with van der Waals surface area (Å²) >= 11 is 0. The van der Waals surface area contributed by atoms with Gasteiger partial charge in [0.2, 0.25) is 8.32 Å². The molecule has 0 aromatic carbocycles. The first-order valence-corrected chi connectivity index (χ1v) is 8.69. The summed E-state index contributed by atoms with van der Waals surface area (Å²) < 4.78 is 11.4. The molecule has 84 valence electrons. The van der Waals surface area contributed by atoms with Gasteiger partial charge in [0, 0.05) is 0 Å². The Hall–Kier alpha value is -0.443. The van der Waals surface area contributed by atoms with Crippen LogP contribution >= 0.6 is 0 Å². The predicted octanol–water partition coefficient (Wildman–Crippen LogP) is 3.76. The first-order valence-electron chi connectivity index (χ1n) is 5.28. The highest BCUT2D eigenvalue weighted by Gasteiger charge is 2.19. The highest BCUT2D eigenvalue weighted by Crippen LogP contribution is 2.15. The Morgan fingerprint density at radius 3 is 1.86 bits per heavy atom. The van der Waals surface area contributed by atoms with Crippen LogP contribution in [0.4, 0.5) is 0 Å². The first-order chi connectivity index (χ1) is 6.20. The van der Waals surface area contributed by atoms with Gasteiger partial charge in [-0.25, -0.2) is 0 Å². The van der Waals surface area contributed by atoms with Crippen molar-refractivity contribution in [2.75, 3.05) is 0 Å². The summed E-state index contributed by atoms with van der Waals surface area (Å²) in [6, 6.07) is 0. The summed E-state index contributed by atoms with van der Waals surface area (Å²) in [5.41, 5.74) is 0. The lowest BCUT2D eigenvalue weighted by Gasteiger charge is -2.23. The molecule has 0 saturated carbocycles. The molecule has 0 rings (SSSR count). The van der Waals surface area contributed by atoms with E-state index in [1.54, 1.807) is 0 Å². The molecule has 0 fully saturated rings. The lowest BCUT2D eigenvalue weighted by molar-refractivity contribution is 0.0581. The Balaban J connectivity index is 4.41. The van der Waals surface area contributed by atoms with E-state index in [2.05, 4.69) is 33.5 Å². The lowest BCUT2D eigenvalue weighted by Crippen LogP contribution is -2.26. The highest BCUT2D eigenvalue weighted by atomic mass is 28.4. The number of rotatable bonds is 5. The topological polar surface area (TPSA) is 18.5 Å². The van der Waals surface area contributed by atoms with Gasteiger partial charge in [0.1, 0.15) is 0 Å². The van der Waals surface area contributed by atoms with E-state index in [4.69, 9.17) is 9.16 Å². The summed E-state index contributed by atoms with van der Waals surface area (Å²) in [6.07, 6.45) is 2.22. The Bertz CT molecular complexity index is 190. The van der Waals surface area contributed by atoms with E-state index in [0.717, 1.165) is 0 Å². The van der Waals surface area contributed by atoms with Gasteiger partial charge in [0.05, 0.1) is 6.10 Å². The van der Waals surface area contributed by atoms with Crippen LogP contribution in [0.1, 0.15) is 27.7 Å². The summed E-state index contributed by atoms with van der Waals surface area (Å²) in [5.74, 6) is 1.16. The minimum absolute atomic E-state index is 0.177. The van der Waals surface area contributed by atoms with Gasteiger partial charge in [0.15, 0.2) is 0 Å². The normalized spacial score (nSPS) is 13.6. The van der Waals surface area contributed by atoms with E-state index in [1.165, 1.54) is 0 Å². The second-order valence-electron chi connectivity index (χ2n) is 5.11. The molecule has 0 amide bonds. The quantitative estimate of drug-likeness (QED) is 0.514. The monoisotopic (exact) mass is 216 g/mol. The smallest absolute Gasteiger partial charge is 0.261 e. The van der Waals surface area contributed by atoms with Gasteiger partial charge in [-0.15, -0.1) is 0 Å². The van der Waals surface area contributed by atoms with Gasteiger partial charge < -0.3 is 9.16 Å². The van der Waals surface area contributed by atoms with E-state index in [0.29, 0.717) is 11.9 Å². The van der Waals surface area contributed by atoms with Crippen molar-refractivity contribution < 1.29 is 9.16 Å². The van der Waals surface area contributed by atoms with Crippen molar-refractivity contribution >= 4 is 8.32 Å². The Morgan fingerprint density at radius 1 is 1.07 bits per heavy atom. The van der Waals surface area contributed by atoms with Gasteiger partial charge in [-0.1, -0.05) is 13.8 Å². The van der Waals surface area contributed by atoms with Crippen LogP contribution in [0.25, 0.3) is 0 Å². The van der Waals surface area contributed by atoms with Crippen molar-refractivity contribution in [1.29, 1.82) is 0 Å². The zero-order valence-corrected chi connectivity index (χ0v) is 11.5. The molecule has 0 spiro atoms. The van der Waals surface area contributed by atoms with Crippen LogP contribution in [0, 0.1) is 5.92 Å². The van der Waals surface area contributed by atoms with Crippen molar-refractivity contribution in [3.8, 4) is 0 Å². The maximum atomic E-state index is 5.84. The van der Waals surface area contributed by atoms with Gasteiger partial charge in [-0.2, -0.15) is 0 Å². The van der Waals surface area contributed by atoms with E-state index in [-0.39, 0.29) is 6.10 Å². The molecular weight excluding hydrogens is 192 g/mol. The van der Waals surface area contributed by atoms with Gasteiger partial charge in [-0.05, 0) is 45.5 Å². The zero-order valence-electron chi connectivity index (χ0n) is 10.5. The number of hydrogen-bond donors (Lipinski definition) is 0. The van der Waals surface area contributed by atoms with Crippen LogP contribution in [0.5, 0.6) is 0 Å². The maximum absolute atomic E-state index is 5.84. The fourth-order valence-electron chi connectivity index (χ4n) is 0.904. The van der Waals surface area contributed by atoms with Crippen LogP contribution in [0.2, 0.25) is 19.6 Å². The average Bonchev–Trinajstić information content (AvgIpc) is 1.77. The van der Waals surface area contributed by atoms with E-state index < -0.39 is 8.32 Å². The average molecular weight is 216 g/mol. The number of ether oxygens (including phenoxy) is 1. The molecule has 2 nitrogen and oxygen atoms in total. The predicted molar refractivity (Wildman–Crippen MR) is 63.6 cm³/mol. The highest BCUT2D eigenvalue weighted by molar-refractivity contribution is 6.69. The summed E-state index contributed by atoms with van der Waals surface area (Å²) in [7, 11) is -1.55. The molecule has 0 radical (unpaired) electrons. The van der Waals surface area contributed by atoms with Crippen LogP contribution < -0.4 is 0 Å². The molecule has 0 saturated heterocycles. The maximum Gasteiger partial charge on any atom is 0.261 e. The third-order valence-electron chi connectivity index (χ3n) is 1.23. The van der Waals surface area contributed by atoms with Crippen LogP contribution in [0.3, 0.4) is 0 Å². The van der Waals surface area contributed by atoms with E-state index >= 15 is 0 Å². The molecule has 0 aliphatic rings. The second kappa shape index (κ2) is 5.44. The largest absolute Gasteiger partial charge is 0.520 e. The lowest BCUT2D eigenvalue weighted by atomic mass is 10.2. The van der Waals surface area contributed by atoms with Gasteiger partial charge in [0.25, 0.3) is 5.95 Å². The molecule has 0 aliphatic heterocycles. The third kappa shape index (κ3) is 8.17. The third-order valence-corrected chi connectivity index (χ3v) is 2.04. The first kappa shape index (κ1) is 13.6. The SMILES string of the molecule is CC(C)/C=C(\OC(C)C)O[Si](C)(C)C. The van der Waals surface area contributed by atoms with Crippen molar-refractivity contribution in [3.63, 3.8) is 0 Å². The van der Waals surface area contributed by atoms with Crippen molar-refractivity contribution in [1.82, 2.24) is 0 Å². The van der Waals surface area contributed by atoms with Crippen molar-refractivity contribution in [2.24, 2.45) is 5.92 Å². The van der Waals surface area contributed by atoms with E-state index in [9.17, 15) is 0 Å². The Labute approximate surface area is 89.4 Å². The zero-order chi connectivity index (χ0) is 11.4. The fraction of sp³-hybridized carbons (Fsp3) is 0.818. The molecule has 0 aromatic heterocycles. The molecular formula is C11H24O2Si. The van der Waals surface area contributed by atoms with E-state index in [1.807, 2.05) is 19.9 Å². The molecule has 0 unspecified atom stereocenters. The minimum Gasteiger partial charge on any atom is -0.520 e. The van der Waals surface area contributed by atoms with Crippen molar-refractivity contribution in [3.05, 3.63) is 12.0 Å². The molecule has 0 heterocycles.